The third-order valence-corrected chi connectivity index (χ3v) is 5.14. The summed E-state index contributed by atoms with van der Waals surface area (Å²) in [6.45, 7) is 4.01. The van der Waals surface area contributed by atoms with E-state index in [4.69, 9.17) is 4.74 Å². The second-order valence-electron chi connectivity index (χ2n) is 7.72. The number of carbonyl (C=O) groups is 1. The molecule has 3 rings (SSSR count). The summed E-state index contributed by atoms with van der Waals surface area (Å²) in [5, 5.41) is 6.69. The molecule has 1 saturated carbocycles. The summed E-state index contributed by atoms with van der Waals surface area (Å²) in [5.41, 5.74) is 2.86. The van der Waals surface area contributed by atoms with Crippen LogP contribution in [0.3, 0.4) is 0 Å². The van der Waals surface area contributed by atoms with Gasteiger partial charge < -0.3 is 20.3 Å². The predicted molar refractivity (Wildman–Crippen MR) is 121 cm³/mol. The molecule has 0 unspecified atom stereocenters. The van der Waals surface area contributed by atoms with Gasteiger partial charge in [0.05, 0.1) is 12.6 Å². The molecule has 0 heterocycles. The summed E-state index contributed by atoms with van der Waals surface area (Å²) in [6.07, 6.45) is 3.90. The van der Waals surface area contributed by atoms with Crippen molar-refractivity contribution >= 4 is 11.9 Å². The first kappa shape index (κ1) is 21.7. The van der Waals surface area contributed by atoms with Gasteiger partial charge in [0.2, 0.25) is 0 Å². The van der Waals surface area contributed by atoms with Crippen molar-refractivity contribution in [2.45, 2.75) is 45.4 Å². The van der Waals surface area contributed by atoms with Gasteiger partial charge in [0.1, 0.15) is 5.75 Å². The number of amides is 1. The Kier molecular flexibility index (Phi) is 7.71. The molecular formula is C24H32N4O2. The van der Waals surface area contributed by atoms with Crippen molar-refractivity contribution in [1.82, 2.24) is 15.5 Å². The predicted octanol–water partition coefficient (Wildman–Crippen LogP) is 3.58. The summed E-state index contributed by atoms with van der Waals surface area (Å²) < 4.78 is 6.12. The second kappa shape index (κ2) is 10.7. The van der Waals surface area contributed by atoms with Crippen LogP contribution in [0.15, 0.2) is 53.5 Å². The van der Waals surface area contributed by atoms with Crippen LogP contribution in [0.5, 0.6) is 5.75 Å². The van der Waals surface area contributed by atoms with Gasteiger partial charge in [-0.3, -0.25) is 4.79 Å². The highest BCUT2D eigenvalue weighted by Gasteiger charge is 2.20. The van der Waals surface area contributed by atoms with E-state index in [1.54, 1.807) is 19.0 Å². The summed E-state index contributed by atoms with van der Waals surface area (Å²) in [4.78, 5) is 18.3. The maximum absolute atomic E-state index is 12.0. The summed E-state index contributed by atoms with van der Waals surface area (Å²) >= 11 is 0. The Balaban J connectivity index is 1.60. The highest BCUT2D eigenvalue weighted by molar-refractivity contribution is 5.93. The van der Waals surface area contributed by atoms with Crippen LogP contribution in [-0.4, -0.2) is 43.5 Å². The molecule has 2 N–H and O–H groups in total. The van der Waals surface area contributed by atoms with Crippen LogP contribution in [0.2, 0.25) is 0 Å². The van der Waals surface area contributed by atoms with E-state index < -0.39 is 0 Å². The van der Waals surface area contributed by atoms with Gasteiger partial charge in [0, 0.05) is 38.3 Å². The van der Waals surface area contributed by atoms with E-state index in [1.807, 2.05) is 49.4 Å². The first-order valence-corrected chi connectivity index (χ1v) is 10.6. The first-order valence-electron chi connectivity index (χ1n) is 10.6. The number of ether oxygens (including phenoxy) is 1. The molecule has 0 spiro atoms. The molecule has 1 fully saturated rings. The minimum Gasteiger partial charge on any atom is -0.490 e. The Morgan fingerprint density at radius 1 is 1.10 bits per heavy atom. The van der Waals surface area contributed by atoms with Crippen LogP contribution in [-0.2, 0) is 13.1 Å². The second-order valence-corrected chi connectivity index (χ2v) is 7.72. The lowest BCUT2D eigenvalue weighted by atomic mass is 9.96. The fourth-order valence-electron chi connectivity index (χ4n) is 3.14. The van der Waals surface area contributed by atoms with E-state index in [9.17, 15) is 4.79 Å². The molecule has 1 aliphatic rings. The van der Waals surface area contributed by atoms with Gasteiger partial charge >= 0.3 is 0 Å². The molecular weight excluding hydrogens is 376 g/mol. The van der Waals surface area contributed by atoms with Crippen molar-refractivity contribution in [3.63, 3.8) is 0 Å². The fraction of sp³-hybridized carbons (Fsp3) is 0.417. The van der Waals surface area contributed by atoms with Gasteiger partial charge in [-0.1, -0.05) is 30.3 Å². The number of carbonyl (C=O) groups excluding carboxylic acids is 1. The van der Waals surface area contributed by atoms with Crippen LogP contribution >= 0.6 is 0 Å². The first-order chi connectivity index (χ1) is 14.6. The summed E-state index contributed by atoms with van der Waals surface area (Å²) in [5.74, 6) is 1.71. The molecule has 0 aromatic heterocycles. The standard InChI is InChI=1S/C24H32N4O2/c1-4-25-24(26-16-18-12-14-19(15-13-18)23(29)28(2)3)27-17-20-8-5-6-11-22(20)30-21-9-7-10-21/h5-6,8,11-15,21H,4,7,9-10,16-17H2,1-3H3,(H2,25,26,27). The quantitative estimate of drug-likeness (QED) is 0.518. The van der Waals surface area contributed by atoms with E-state index >= 15 is 0 Å². The number of benzene rings is 2. The molecule has 6 heteroatoms. The number of guanidine groups is 1. The third-order valence-electron chi connectivity index (χ3n) is 5.14. The molecule has 1 aliphatic carbocycles. The number of rotatable bonds is 8. The molecule has 30 heavy (non-hydrogen) atoms. The zero-order valence-corrected chi connectivity index (χ0v) is 18.1. The third kappa shape index (κ3) is 5.99. The smallest absolute Gasteiger partial charge is 0.253 e. The molecule has 0 radical (unpaired) electrons. The number of nitrogens with one attached hydrogen (secondary N) is 2. The monoisotopic (exact) mass is 408 g/mol. The Morgan fingerprint density at radius 2 is 1.83 bits per heavy atom. The number of aliphatic imine (C=N–C) groups is 1. The molecule has 0 bridgehead atoms. The minimum atomic E-state index is 0.00263. The molecule has 160 valence electrons. The number of hydrogen-bond donors (Lipinski definition) is 2. The Morgan fingerprint density at radius 3 is 2.47 bits per heavy atom. The molecule has 0 aliphatic heterocycles. The topological polar surface area (TPSA) is 66.0 Å². The maximum Gasteiger partial charge on any atom is 0.253 e. The van der Waals surface area contributed by atoms with Crippen molar-refractivity contribution in [3.05, 3.63) is 65.2 Å². The van der Waals surface area contributed by atoms with E-state index in [1.165, 1.54) is 6.42 Å². The van der Waals surface area contributed by atoms with E-state index in [0.717, 1.165) is 42.2 Å². The SMILES string of the molecule is CCNC(=NCc1ccc(C(=O)N(C)C)cc1)NCc1ccccc1OC1CCC1. The van der Waals surface area contributed by atoms with Crippen LogP contribution in [0.25, 0.3) is 0 Å². The fourth-order valence-corrected chi connectivity index (χ4v) is 3.14. The van der Waals surface area contributed by atoms with Crippen molar-refractivity contribution in [2.75, 3.05) is 20.6 Å². The highest BCUT2D eigenvalue weighted by Crippen LogP contribution is 2.27. The van der Waals surface area contributed by atoms with Gasteiger partial charge in [-0.2, -0.15) is 0 Å². The van der Waals surface area contributed by atoms with E-state index in [0.29, 0.717) is 24.8 Å². The average molecular weight is 409 g/mol. The lowest BCUT2D eigenvalue weighted by Gasteiger charge is -2.27. The lowest BCUT2D eigenvalue weighted by Crippen LogP contribution is -2.37. The molecule has 0 saturated heterocycles. The molecule has 2 aromatic carbocycles. The van der Waals surface area contributed by atoms with Gasteiger partial charge in [-0.15, -0.1) is 0 Å². The average Bonchev–Trinajstić information content (AvgIpc) is 2.73. The minimum absolute atomic E-state index is 0.00263. The molecule has 1 amide bonds. The van der Waals surface area contributed by atoms with Crippen molar-refractivity contribution in [2.24, 2.45) is 4.99 Å². The Labute approximate surface area is 179 Å². The van der Waals surface area contributed by atoms with Crippen molar-refractivity contribution in [1.29, 1.82) is 0 Å². The zero-order valence-electron chi connectivity index (χ0n) is 18.1. The van der Waals surface area contributed by atoms with Crippen molar-refractivity contribution < 1.29 is 9.53 Å². The van der Waals surface area contributed by atoms with Crippen LogP contribution in [0.4, 0.5) is 0 Å². The van der Waals surface area contributed by atoms with E-state index in [2.05, 4.69) is 21.7 Å². The Hall–Kier alpha value is -3.02. The van der Waals surface area contributed by atoms with Crippen molar-refractivity contribution in [3.8, 4) is 5.75 Å². The normalized spacial score (nSPS) is 14.0. The molecule has 0 atom stereocenters. The number of para-hydroxylation sites is 1. The summed E-state index contributed by atoms with van der Waals surface area (Å²) in [6, 6.07) is 15.8. The number of hydrogen-bond acceptors (Lipinski definition) is 3. The molecule has 6 nitrogen and oxygen atoms in total. The van der Waals surface area contributed by atoms with Crippen LogP contribution < -0.4 is 15.4 Å². The number of nitrogens with zero attached hydrogens (tertiary/aromatic N) is 2. The zero-order chi connectivity index (χ0) is 21.3. The van der Waals surface area contributed by atoms with Gasteiger partial charge in [0.15, 0.2) is 5.96 Å². The van der Waals surface area contributed by atoms with Crippen LogP contribution in [0, 0.1) is 0 Å². The Bertz CT molecular complexity index is 858. The summed E-state index contributed by atoms with van der Waals surface area (Å²) in [7, 11) is 3.51. The maximum atomic E-state index is 12.0. The van der Waals surface area contributed by atoms with Gasteiger partial charge in [0.25, 0.3) is 5.91 Å². The molecule has 2 aromatic rings. The lowest BCUT2D eigenvalue weighted by molar-refractivity contribution is 0.0827. The van der Waals surface area contributed by atoms with Gasteiger partial charge in [-0.25, -0.2) is 4.99 Å². The van der Waals surface area contributed by atoms with Gasteiger partial charge in [-0.05, 0) is 49.9 Å². The van der Waals surface area contributed by atoms with E-state index in [-0.39, 0.29) is 5.91 Å². The van der Waals surface area contributed by atoms with Crippen LogP contribution in [0.1, 0.15) is 47.7 Å². The largest absolute Gasteiger partial charge is 0.490 e. The highest BCUT2D eigenvalue weighted by atomic mass is 16.5.